The monoisotopic (exact) mass is 346 g/mol. The summed E-state index contributed by atoms with van der Waals surface area (Å²) in [7, 11) is -3.83. The number of rotatable bonds is 5. The van der Waals surface area contributed by atoms with Crippen molar-refractivity contribution in [2.24, 2.45) is 0 Å². The van der Waals surface area contributed by atoms with Crippen molar-refractivity contribution < 1.29 is 23.1 Å². The molecule has 1 amide bonds. The lowest BCUT2D eigenvalue weighted by molar-refractivity contribution is -0.136. The molecule has 24 heavy (non-hydrogen) atoms. The number of carbonyl (C=O) groups is 2. The summed E-state index contributed by atoms with van der Waals surface area (Å²) in [4.78, 5) is 22.1. The van der Waals surface area contributed by atoms with Crippen LogP contribution in [0.1, 0.15) is 11.1 Å². The second-order valence-electron chi connectivity index (χ2n) is 5.42. The van der Waals surface area contributed by atoms with Crippen molar-refractivity contribution in [1.82, 2.24) is 0 Å². The average Bonchev–Trinajstić information content (AvgIpc) is 2.85. The fourth-order valence-electron chi connectivity index (χ4n) is 2.51. The van der Waals surface area contributed by atoms with Crippen LogP contribution in [0.2, 0.25) is 0 Å². The van der Waals surface area contributed by atoms with E-state index in [2.05, 4.69) is 10.0 Å². The standard InChI is InChI=1S/C16H14N2O5S/c19-15-9-11-8-13(4-5-14(11)17-15)24(22,23)18-12-3-1-2-10(6-12)7-16(20)21/h1-6,8,18H,7,9H2,(H,17,19)(H,20,21). The Bertz CT molecular complexity index is 937. The molecular weight excluding hydrogens is 332 g/mol. The van der Waals surface area contributed by atoms with Gasteiger partial charge < -0.3 is 10.4 Å². The molecule has 3 rings (SSSR count). The van der Waals surface area contributed by atoms with Crippen LogP contribution < -0.4 is 10.0 Å². The molecular formula is C16H14N2O5S. The summed E-state index contributed by atoms with van der Waals surface area (Å²) in [5.74, 6) is -1.17. The van der Waals surface area contributed by atoms with E-state index in [0.717, 1.165) is 0 Å². The van der Waals surface area contributed by atoms with Crippen LogP contribution >= 0.6 is 0 Å². The Balaban J connectivity index is 1.86. The molecule has 1 aliphatic rings. The van der Waals surface area contributed by atoms with E-state index in [0.29, 0.717) is 16.8 Å². The van der Waals surface area contributed by atoms with Crippen molar-refractivity contribution in [1.29, 1.82) is 0 Å². The van der Waals surface area contributed by atoms with E-state index in [-0.39, 0.29) is 29.3 Å². The first-order valence-corrected chi connectivity index (χ1v) is 8.58. The van der Waals surface area contributed by atoms with Crippen LogP contribution in [-0.4, -0.2) is 25.4 Å². The van der Waals surface area contributed by atoms with Crippen molar-refractivity contribution in [2.45, 2.75) is 17.7 Å². The topological polar surface area (TPSA) is 113 Å². The van der Waals surface area contributed by atoms with Gasteiger partial charge in [-0.1, -0.05) is 12.1 Å². The number of amides is 1. The van der Waals surface area contributed by atoms with Crippen LogP contribution in [-0.2, 0) is 32.5 Å². The first-order valence-electron chi connectivity index (χ1n) is 7.10. The highest BCUT2D eigenvalue weighted by molar-refractivity contribution is 7.92. The minimum atomic E-state index is -3.83. The largest absolute Gasteiger partial charge is 0.481 e. The van der Waals surface area contributed by atoms with Gasteiger partial charge in [0.1, 0.15) is 0 Å². The van der Waals surface area contributed by atoms with Gasteiger partial charge in [-0.2, -0.15) is 0 Å². The molecule has 2 aromatic carbocycles. The average molecular weight is 346 g/mol. The number of carboxylic acids is 1. The van der Waals surface area contributed by atoms with Gasteiger partial charge in [-0.05, 0) is 41.5 Å². The third-order valence-corrected chi connectivity index (χ3v) is 4.93. The fourth-order valence-corrected chi connectivity index (χ4v) is 3.61. The molecule has 7 nitrogen and oxygen atoms in total. The van der Waals surface area contributed by atoms with Crippen molar-refractivity contribution in [3.8, 4) is 0 Å². The molecule has 3 N–H and O–H groups in total. The third kappa shape index (κ3) is 3.38. The van der Waals surface area contributed by atoms with Crippen molar-refractivity contribution >= 4 is 33.3 Å². The number of fused-ring (bicyclic) bond motifs is 1. The molecule has 1 aliphatic heterocycles. The number of benzene rings is 2. The lowest BCUT2D eigenvalue weighted by Crippen LogP contribution is -2.13. The van der Waals surface area contributed by atoms with Gasteiger partial charge in [0.15, 0.2) is 0 Å². The molecule has 0 radical (unpaired) electrons. The van der Waals surface area contributed by atoms with Gasteiger partial charge in [0.05, 0.1) is 17.7 Å². The minimum absolute atomic E-state index is 0.0430. The molecule has 0 saturated heterocycles. The minimum Gasteiger partial charge on any atom is -0.481 e. The first-order chi connectivity index (χ1) is 11.3. The van der Waals surface area contributed by atoms with Gasteiger partial charge >= 0.3 is 5.97 Å². The number of carboxylic acid groups (broad SMARTS) is 1. The number of sulfonamides is 1. The lowest BCUT2D eigenvalue weighted by Gasteiger charge is -2.10. The van der Waals surface area contributed by atoms with E-state index in [9.17, 15) is 18.0 Å². The van der Waals surface area contributed by atoms with Crippen LogP contribution in [0.4, 0.5) is 11.4 Å². The molecule has 0 fully saturated rings. The van der Waals surface area contributed by atoms with Gasteiger partial charge in [0, 0.05) is 11.4 Å². The number of anilines is 2. The van der Waals surface area contributed by atoms with Gasteiger partial charge in [-0.15, -0.1) is 0 Å². The first kappa shape index (κ1) is 16.0. The highest BCUT2D eigenvalue weighted by Crippen LogP contribution is 2.27. The highest BCUT2D eigenvalue weighted by atomic mass is 32.2. The Hall–Kier alpha value is -2.87. The third-order valence-electron chi connectivity index (χ3n) is 3.55. The van der Waals surface area contributed by atoms with E-state index in [4.69, 9.17) is 5.11 Å². The van der Waals surface area contributed by atoms with Gasteiger partial charge in [0.25, 0.3) is 10.0 Å². The Labute approximate surface area is 138 Å². The zero-order valence-corrected chi connectivity index (χ0v) is 13.3. The van der Waals surface area contributed by atoms with Crippen LogP contribution in [0.3, 0.4) is 0 Å². The zero-order valence-electron chi connectivity index (χ0n) is 12.4. The van der Waals surface area contributed by atoms with Crippen LogP contribution in [0.5, 0.6) is 0 Å². The number of nitrogens with one attached hydrogen (secondary N) is 2. The fraction of sp³-hybridized carbons (Fsp3) is 0.125. The molecule has 0 aliphatic carbocycles. The number of hydrogen-bond acceptors (Lipinski definition) is 4. The summed E-state index contributed by atoms with van der Waals surface area (Å²) >= 11 is 0. The molecule has 0 aromatic heterocycles. The molecule has 0 atom stereocenters. The van der Waals surface area contributed by atoms with Gasteiger partial charge in [0.2, 0.25) is 5.91 Å². The molecule has 0 unspecified atom stereocenters. The molecule has 0 spiro atoms. The number of carbonyl (C=O) groups excluding carboxylic acids is 1. The maximum Gasteiger partial charge on any atom is 0.307 e. The van der Waals surface area contributed by atoms with E-state index in [1.165, 1.54) is 18.2 Å². The summed E-state index contributed by atoms with van der Waals surface area (Å²) < 4.78 is 27.4. The quantitative estimate of drug-likeness (QED) is 0.761. The highest BCUT2D eigenvalue weighted by Gasteiger charge is 2.22. The zero-order chi connectivity index (χ0) is 17.3. The summed E-state index contributed by atoms with van der Waals surface area (Å²) in [6.45, 7) is 0. The second-order valence-corrected chi connectivity index (χ2v) is 7.10. The normalized spacial score (nSPS) is 13.2. The molecule has 8 heteroatoms. The van der Waals surface area contributed by atoms with Crippen molar-refractivity contribution in [3.05, 3.63) is 53.6 Å². The number of hydrogen-bond donors (Lipinski definition) is 3. The summed E-state index contributed by atoms with van der Waals surface area (Å²) in [6.07, 6.45) is -0.0466. The Morgan fingerprint density at radius 3 is 2.75 bits per heavy atom. The van der Waals surface area contributed by atoms with Crippen LogP contribution in [0.25, 0.3) is 0 Å². The van der Waals surface area contributed by atoms with Gasteiger partial charge in [-0.25, -0.2) is 8.42 Å². The van der Waals surface area contributed by atoms with E-state index >= 15 is 0 Å². The van der Waals surface area contributed by atoms with E-state index in [1.54, 1.807) is 24.3 Å². The lowest BCUT2D eigenvalue weighted by atomic mass is 10.1. The predicted molar refractivity (Wildman–Crippen MR) is 87.4 cm³/mol. The van der Waals surface area contributed by atoms with Crippen LogP contribution in [0.15, 0.2) is 47.4 Å². The molecule has 0 bridgehead atoms. The van der Waals surface area contributed by atoms with Crippen molar-refractivity contribution in [2.75, 3.05) is 10.0 Å². The van der Waals surface area contributed by atoms with Gasteiger partial charge in [-0.3, -0.25) is 14.3 Å². The predicted octanol–water partition coefficient (Wildman–Crippen LogP) is 1.61. The maximum absolute atomic E-state index is 12.5. The molecule has 1 heterocycles. The summed E-state index contributed by atoms with van der Waals surface area (Å²) in [5, 5.41) is 11.4. The summed E-state index contributed by atoms with van der Waals surface area (Å²) in [5.41, 5.74) is 2.01. The number of aliphatic carboxylic acids is 1. The smallest absolute Gasteiger partial charge is 0.307 e. The van der Waals surface area contributed by atoms with E-state index in [1.807, 2.05) is 0 Å². The van der Waals surface area contributed by atoms with E-state index < -0.39 is 16.0 Å². The maximum atomic E-state index is 12.5. The Morgan fingerprint density at radius 2 is 2.00 bits per heavy atom. The molecule has 124 valence electrons. The second kappa shape index (κ2) is 5.97. The molecule has 0 saturated carbocycles. The summed E-state index contributed by atoms with van der Waals surface area (Å²) in [6, 6.07) is 10.6. The Kier molecular flexibility index (Phi) is 3.98. The Morgan fingerprint density at radius 1 is 1.21 bits per heavy atom. The molecule has 2 aromatic rings. The SMILES string of the molecule is O=C(O)Cc1cccc(NS(=O)(=O)c2ccc3c(c2)CC(=O)N3)c1. The van der Waals surface area contributed by atoms with Crippen LogP contribution in [0, 0.1) is 0 Å². The van der Waals surface area contributed by atoms with Crippen molar-refractivity contribution in [3.63, 3.8) is 0 Å².